The summed E-state index contributed by atoms with van der Waals surface area (Å²) in [5.41, 5.74) is 0.600. The molecule has 3 nitrogen and oxygen atoms in total. The minimum atomic E-state index is -0.375. The summed E-state index contributed by atoms with van der Waals surface area (Å²) in [7, 11) is 0. The second-order valence-corrected chi connectivity index (χ2v) is 3.48. The number of hydrogen-bond donors (Lipinski definition) is 1. The molecule has 0 radical (unpaired) electrons. The van der Waals surface area contributed by atoms with Crippen LogP contribution in [0.3, 0.4) is 0 Å². The van der Waals surface area contributed by atoms with Crippen molar-refractivity contribution in [3.05, 3.63) is 40.2 Å². The molecule has 0 bridgehead atoms. The van der Waals surface area contributed by atoms with E-state index in [1.165, 1.54) is 6.07 Å². The van der Waals surface area contributed by atoms with Gasteiger partial charge in [0.15, 0.2) is 0 Å². The second kappa shape index (κ2) is 3.46. The van der Waals surface area contributed by atoms with Crippen molar-refractivity contribution in [2.75, 3.05) is 0 Å². The molecule has 0 aliphatic rings. The number of hydrogen-bond acceptors (Lipinski definition) is 3. The van der Waals surface area contributed by atoms with E-state index >= 15 is 0 Å². The number of halogens is 1. The molecule has 0 amide bonds. The van der Waals surface area contributed by atoms with Gasteiger partial charge < -0.3 is 9.52 Å². The molecule has 72 valence electrons. The van der Waals surface area contributed by atoms with Gasteiger partial charge in [-0.15, -0.1) is 0 Å². The number of alkyl halides is 1. The third kappa shape index (κ3) is 1.53. The third-order valence-electron chi connectivity index (χ3n) is 1.94. The molecule has 2 aromatic rings. The molecule has 0 spiro atoms. The van der Waals surface area contributed by atoms with Crippen molar-refractivity contribution in [1.29, 1.82) is 0 Å². The van der Waals surface area contributed by atoms with Crippen LogP contribution < -0.4 is 5.63 Å². The Morgan fingerprint density at radius 1 is 1.36 bits per heavy atom. The predicted octanol–water partition coefficient (Wildman–Crippen LogP) is 2.39. The predicted molar refractivity (Wildman–Crippen MR) is 56.8 cm³/mol. The molecule has 0 saturated heterocycles. The Bertz CT molecular complexity index is 530. The van der Waals surface area contributed by atoms with Gasteiger partial charge in [-0.2, -0.15) is 0 Å². The Hall–Kier alpha value is -1.29. The van der Waals surface area contributed by atoms with E-state index in [-0.39, 0.29) is 11.4 Å². The summed E-state index contributed by atoms with van der Waals surface area (Å²) in [6.07, 6.45) is 0. The fourth-order valence-corrected chi connectivity index (χ4v) is 1.63. The van der Waals surface area contributed by atoms with Gasteiger partial charge in [0.25, 0.3) is 0 Å². The maximum absolute atomic E-state index is 11.3. The van der Waals surface area contributed by atoms with Gasteiger partial charge in [-0.05, 0) is 18.2 Å². The molecule has 0 unspecified atom stereocenters. The van der Waals surface area contributed by atoms with Crippen LogP contribution in [0.1, 0.15) is 5.56 Å². The average Bonchev–Trinajstić information content (AvgIpc) is 2.16. The first-order valence-corrected chi connectivity index (χ1v) is 5.14. The monoisotopic (exact) mass is 254 g/mol. The first-order chi connectivity index (χ1) is 6.70. The quantitative estimate of drug-likeness (QED) is 0.628. The molecule has 0 atom stereocenters. The molecule has 14 heavy (non-hydrogen) atoms. The van der Waals surface area contributed by atoms with Gasteiger partial charge in [0.2, 0.25) is 0 Å². The van der Waals surface area contributed by atoms with Crippen LogP contribution in [0, 0.1) is 0 Å². The number of aromatic hydroxyl groups is 1. The lowest BCUT2D eigenvalue weighted by atomic mass is 10.2. The molecular formula is C10H7BrO3. The highest BCUT2D eigenvalue weighted by atomic mass is 79.9. The van der Waals surface area contributed by atoms with E-state index in [4.69, 9.17) is 4.42 Å². The topological polar surface area (TPSA) is 50.4 Å². The Kier molecular flexibility index (Phi) is 2.29. The maximum atomic E-state index is 11.3. The summed E-state index contributed by atoms with van der Waals surface area (Å²) in [6, 6.07) is 6.43. The molecule has 0 saturated carbocycles. The molecule has 1 aromatic carbocycles. The van der Waals surface area contributed by atoms with Crippen LogP contribution in [0.25, 0.3) is 11.0 Å². The summed E-state index contributed by atoms with van der Waals surface area (Å²) < 4.78 is 5.02. The van der Waals surface area contributed by atoms with Crippen LogP contribution in [0.4, 0.5) is 0 Å². The largest absolute Gasteiger partial charge is 0.508 e. The number of phenolic OH excluding ortho intramolecular Hbond substituents is 1. The van der Waals surface area contributed by atoms with Crippen LogP contribution in [0.5, 0.6) is 5.75 Å². The van der Waals surface area contributed by atoms with Crippen LogP contribution in [-0.2, 0) is 5.33 Å². The minimum absolute atomic E-state index is 0.0900. The molecule has 1 aromatic heterocycles. The zero-order valence-electron chi connectivity index (χ0n) is 7.16. The van der Waals surface area contributed by atoms with Crippen molar-refractivity contribution < 1.29 is 9.52 Å². The van der Waals surface area contributed by atoms with Gasteiger partial charge in [-0.25, -0.2) is 4.79 Å². The fourth-order valence-electron chi connectivity index (χ4n) is 1.24. The lowest BCUT2D eigenvalue weighted by Gasteiger charge is -1.99. The molecular weight excluding hydrogens is 248 g/mol. The number of rotatable bonds is 1. The molecule has 0 aliphatic carbocycles. The lowest BCUT2D eigenvalue weighted by molar-refractivity contribution is 0.473. The fraction of sp³-hybridized carbons (Fsp3) is 0.100. The van der Waals surface area contributed by atoms with Crippen LogP contribution in [-0.4, -0.2) is 5.11 Å². The van der Waals surface area contributed by atoms with E-state index in [1.807, 2.05) is 0 Å². The highest BCUT2D eigenvalue weighted by molar-refractivity contribution is 9.08. The van der Waals surface area contributed by atoms with Crippen molar-refractivity contribution in [3.63, 3.8) is 0 Å². The number of benzene rings is 1. The Balaban J connectivity index is 2.79. The Morgan fingerprint density at radius 3 is 2.86 bits per heavy atom. The van der Waals surface area contributed by atoms with E-state index in [1.54, 1.807) is 18.2 Å². The minimum Gasteiger partial charge on any atom is -0.508 e. The van der Waals surface area contributed by atoms with Gasteiger partial charge in [-0.1, -0.05) is 15.9 Å². The van der Waals surface area contributed by atoms with E-state index in [9.17, 15) is 9.90 Å². The molecule has 1 N–H and O–H groups in total. The van der Waals surface area contributed by atoms with E-state index in [0.29, 0.717) is 16.5 Å². The van der Waals surface area contributed by atoms with Crippen molar-refractivity contribution >= 4 is 26.9 Å². The number of fused-ring (bicyclic) bond motifs is 1. The van der Waals surface area contributed by atoms with Crippen molar-refractivity contribution in [2.45, 2.75) is 5.33 Å². The van der Waals surface area contributed by atoms with Gasteiger partial charge in [-0.3, -0.25) is 0 Å². The van der Waals surface area contributed by atoms with Crippen molar-refractivity contribution in [3.8, 4) is 5.75 Å². The van der Waals surface area contributed by atoms with E-state index < -0.39 is 0 Å². The highest BCUT2D eigenvalue weighted by Gasteiger charge is 2.04. The van der Waals surface area contributed by atoms with Crippen molar-refractivity contribution in [1.82, 2.24) is 0 Å². The van der Waals surface area contributed by atoms with E-state index in [2.05, 4.69) is 15.9 Å². The van der Waals surface area contributed by atoms with Gasteiger partial charge >= 0.3 is 5.63 Å². The van der Waals surface area contributed by atoms with Crippen molar-refractivity contribution in [2.24, 2.45) is 0 Å². The van der Waals surface area contributed by atoms with Gasteiger partial charge in [0, 0.05) is 22.3 Å². The third-order valence-corrected chi connectivity index (χ3v) is 2.54. The summed E-state index contributed by atoms with van der Waals surface area (Å²) in [5, 5.41) is 10.4. The van der Waals surface area contributed by atoms with Crippen LogP contribution in [0.2, 0.25) is 0 Å². The summed E-state index contributed by atoms with van der Waals surface area (Å²) in [6.45, 7) is 0. The maximum Gasteiger partial charge on any atom is 0.340 e. The Labute approximate surface area is 88.1 Å². The summed E-state index contributed by atoms with van der Waals surface area (Å²) >= 11 is 3.20. The van der Waals surface area contributed by atoms with Crippen LogP contribution in [0.15, 0.2) is 33.5 Å². The molecule has 4 heteroatoms. The first kappa shape index (κ1) is 9.27. The zero-order chi connectivity index (χ0) is 10.1. The van der Waals surface area contributed by atoms with Crippen LogP contribution >= 0.6 is 15.9 Å². The molecule has 0 fully saturated rings. The molecule has 2 rings (SSSR count). The van der Waals surface area contributed by atoms with Gasteiger partial charge in [0.05, 0.1) is 0 Å². The first-order valence-electron chi connectivity index (χ1n) is 4.02. The molecule has 1 heterocycles. The smallest absolute Gasteiger partial charge is 0.340 e. The summed E-state index contributed by atoms with van der Waals surface area (Å²) in [5.74, 6) is 0.0900. The number of phenols is 1. The highest BCUT2D eigenvalue weighted by Crippen LogP contribution is 2.19. The van der Waals surface area contributed by atoms with E-state index in [0.717, 1.165) is 5.39 Å². The normalized spacial score (nSPS) is 10.6. The Morgan fingerprint density at radius 2 is 2.14 bits per heavy atom. The lowest BCUT2D eigenvalue weighted by Crippen LogP contribution is -2.04. The SMILES string of the molecule is O=c1oc2cc(O)ccc2cc1CBr. The summed E-state index contributed by atoms with van der Waals surface area (Å²) in [4.78, 5) is 11.3. The van der Waals surface area contributed by atoms with Gasteiger partial charge in [0.1, 0.15) is 11.3 Å². The second-order valence-electron chi connectivity index (χ2n) is 2.91. The zero-order valence-corrected chi connectivity index (χ0v) is 8.74. The molecule has 0 aliphatic heterocycles. The average molecular weight is 255 g/mol. The standard InChI is InChI=1S/C10H7BrO3/c11-5-7-3-6-1-2-8(12)4-9(6)14-10(7)13/h1-4,12H,5H2.